The van der Waals surface area contributed by atoms with Crippen molar-refractivity contribution in [2.45, 2.75) is 52.2 Å². The molecule has 2 nitrogen and oxygen atoms in total. The number of rotatable bonds is 4. The summed E-state index contributed by atoms with van der Waals surface area (Å²) in [5.41, 5.74) is -0.0959. The van der Waals surface area contributed by atoms with Gasteiger partial charge >= 0.3 is 0 Å². The summed E-state index contributed by atoms with van der Waals surface area (Å²) in [5, 5.41) is 20.4. The van der Waals surface area contributed by atoms with Crippen molar-refractivity contribution >= 4 is 0 Å². The summed E-state index contributed by atoms with van der Waals surface area (Å²) >= 11 is 0. The number of hydrogen-bond donors (Lipinski definition) is 2. The molecule has 1 rings (SSSR count). The summed E-state index contributed by atoms with van der Waals surface area (Å²) in [5.74, 6) is 0. The Kier molecular flexibility index (Phi) is 4.34. The quantitative estimate of drug-likeness (QED) is 0.843. The fraction of sp³-hybridized carbons (Fsp3) is 0.600. The van der Waals surface area contributed by atoms with Gasteiger partial charge in [-0.2, -0.15) is 0 Å². The lowest BCUT2D eigenvalue weighted by Gasteiger charge is -2.30. The predicted octanol–water partition coefficient (Wildman–Crippen LogP) is 3.08. The fourth-order valence-electron chi connectivity index (χ4n) is 1.79. The number of benzene rings is 1. The maximum absolute atomic E-state index is 10.4. The third-order valence-corrected chi connectivity index (χ3v) is 3.30. The van der Waals surface area contributed by atoms with E-state index in [-0.39, 0.29) is 5.41 Å². The third kappa shape index (κ3) is 4.14. The molecule has 0 bridgehead atoms. The molecule has 17 heavy (non-hydrogen) atoms. The lowest BCUT2D eigenvalue weighted by molar-refractivity contribution is 0.00215. The Morgan fingerprint density at radius 3 is 2.06 bits per heavy atom. The van der Waals surface area contributed by atoms with Gasteiger partial charge in [0.15, 0.2) is 0 Å². The molecule has 2 unspecified atom stereocenters. The lowest BCUT2D eigenvalue weighted by Crippen LogP contribution is -2.30. The van der Waals surface area contributed by atoms with Crippen LogP contribution in [0.25, 0.3) is 0 Å². The maximum atomic E-state index is 10.4. The summed E-state index contributed by atoms with van der Waals surface area (Å²) in [6.45, 7) is 7.83. The van der Waals surface area contributed by atoms with E-state index in [1.54, 1.807) is 6.92 Å². The minimum absolute atomic E-state index is 0.132. The van der Waals surface area contributed by atoms with E-state index in [9.17, 15) is 10.2 Å². The van der Waals surface area contributed by atoms with Crippen LogP contribution in [0.5, 0.6) is 0 Å². The van der Waals surface area contributed by atoms with Gasteiger partial charge in [0.05, 0.1) is 11.7 Å². The molecule has 0 heterocycles. The Morgan fingerprint density at radius 1 is 1.06 bits per heavy atom. The third-order valence-electron chi connectivity index (χ3n) is 3.30. The molecule has 0 radical (unpaired) electrons. The highest BCUT2D eigenvalue weighted by atomic mass is 16.3. The van der Waals surface area contributed by atoms with Gasteiger partial charge in [-0.1, -0.05) is 51.1 Å². The fourth-order valence-corrected chi connectivity index (χ4v) is 1.79. The second-order valence-electron chi connectivity index (χ2n) is 6.06. The molecule has 1 aromatic rings. The second-order valence-corrected chi connectivity index (χ2v) is 6.06. The molecule has 2 N–H and O–H groups in total. The van der Waals surface area contributed by atoms with Crippen molar-refractivity contribution in [1.29, 1.82) is 0 Å². The van der Waals surface area contributed by atoms with Crippen molar-refractivity contribution < 1.29 is 10.2 Å². The van der Waals surface area contributed by atoms with Crippen molar-refractivity contribution in [3.05, 3.63) is 35.9 Å². The Hall–Kier alpha value is -0.860. The normalized spacial score (nSPS) is 17.5. The zero-order valence-electron chi connectivity index (χ0n) is 11.3. The molecule has 0 saturated carbocycles. The zero-order chi connectivity index (χ0) is 13.1. The molecular formula is C15H24O2. The van der Waals surface area contributed by atoms with E-state index in [1.807, 2.05) is 51.1 Å². The molecule has 2 heteroatoms. The van der Waals surface area contributed by atoms with Crippen LogP contribution in [0.15, 0.2) is 30.3 Å². The Morgan fingerprint density at radius 2 is 1.59 bits per heavy atom. The van der Waals surface area contributed by atoms with Gasteiger partial charge in [-0.25, -0.2) is 0 Å². The molecule has 0 aliphatic carbocycles. The summed E-state index contributed by atoms with van der Waals surface area (Å²) in [7, 11) is 0. The molecule has 2 atom stereocenters. The lowest BCUT2D eigenvalue weighted by atomic mass is 9.82. The van der Waals surface area contributed by atoms with E-state index < -0.39 is 11.7 Å². The molecule has 96 valence electrons. The summed E-state index contributed by atoms with van der Waals surface area (Å²) in [6.07, 6.45) is 0.776. The Labute approximate surface area is 104 Å². The molecule has 0 aliphatic heterocycles. The van der Waals surface area contributed by atoms with Crippen LogP contribution in [0.4, 0.5) is 0 Å². The average molecular weight is 236 g/mol. The monoisotopic (exact) mass is 236 g/mol. The molecule has 0 aliphatic rings. The summed E-state index contributed by atoms with van der Waals surface area (Å²) in [6, 6.07) is 9.62. The van der Waals surface area contributed by atoms with Crippen LogP contribution in [0.2, 0.25) is 0 Å². The number of hydrogen-bond acceptors (Lipinski definition) is 2. The van der Waals surface area contributed by atoms with Crippen molar-refractivity contribution in [2.24, 2.45) is 5.41 Å². The molecule has 0 aromatic heterocycles. The minimum atomic E-state index is -0.868. The first-order valence-corrected chi connectivity index (χ1v) is 6.19. The van der Waals surface area contributed by atoms with Gasteiger partial charge in [-0.3, -0.25) is 0 Å². The van der Waals surface area contributed by atoms with E-state index in [0.717, 1.165) is 5.56 Å². The van der Waals surface area contributed by atoms with E-state index in [1.165, 1.54) is 0 Å². The largest absolute Gasteiger partial charge is 0.393 e. The van der Waals surface area contributed by atoms with Gasteiger partial charge in [0.1, 0.15) is 0 Å². The van der Waals surface area contributed by atoms with Gasteiger partial charge in [0.25, 0.3) is 0 Å². The van der Waals surface area contributed by atoms with Crippen LogP contribution in [0.3, 0.4) is 0 Å². The van der Waals surface area contributed by atoms with Crippen molar-refractivity contribution in [3.63, 3.8) is 0 Å². The first-order valence-electron chi connectivity index (χ1n) is 6.19. The molecule has 0 amide bonds. The van der Waals surface area contributed by atoms with Crippen molar-refractivity contribution in [3.8, 4) is 0 Å². The number of aliphatic hydroxyl groups is 2. The molecule has 0 fully saturated rings. The molecular weight excluding hydrogens is 212 g/mol. The average Bonchev–Trinajstić information content (AvgIpc) is 2.26. The van der Waals surface area contributed by atoms with Gasteiger partial charge in [0, 0.05) is 0 Å². The highest BCUT2D eigenvalue weighted by molar-refractivity contribution is 5.21. The second kappa shape index (κ2) is 5.19. The SMILES string of the molecule is CC(O)(CCC(O)C(C)(C)C)c1ccccc1. The summed E-state index contributed by atoms with van der Waals surface area (Å²) < 4.78 is 0. The van der Waals surface area contributed by atoms with Crippen LogP contribution in [0.1, 0.15) is 46.1 Å². The van der Waals surface area contributed by atoms with Gasteiger partial charge in [-0.15, -0.1) is 0 Å². The number of aliphatic hydroxyl groups excluding tert-OH is 1. The van der Waals surface area contributed by atoms with Crippen LogP contribution < -0.4 is 0 Å². The molecule has 1 aromatic carbocycles. The van der Waals surface area contributed by atoms with E-state index >= 15 is 0 Å². The topological polar surface area (TPSA) is 40.5 Å². The first-order chi connectivity index (χ1) is 7.73. The van der Waals surface area contributed by atoms with Gasteiger partial charge < -0.3 is 10.2 Å². The van der Waals surface area contributed by atoms with Gasteiger partial charge in [-0.05, 0) is 30.7 Å². The Balaban J connectivity index is 2.63. The predicted molar refractivity (Wildman–Crippen MR) is 70.7 cm³/mol. The highest BCUT2D eigenvalue weighted by Gasteiger charge is 2.28. The van der Waals surface area contributed by atoms with E-state index in [0.29, 0.717) is 12.8 Å². The first kappa shape index (κ1) is 14.2. The van der Waals surface area contributed by atoms with Crippen LogP contribution in [0, 0.1) is 5.41 Å². The standard InChI is InChI=1S/C15H24O2/c1-14(2,3)13(16)10-11-15(4,17)12-8-6-5-7-9-12/h5-9,13,16-17H,10-11H2,1-4H3. The minimum Gasteiger partial charge on any atom is -0.393 e. The van der Waals surface area contributed by atoms with E-state index in [4.69, 9.17) is 0 Å². The maximum Gasteiger partial charge on any atom is 0.0869 e. The van der Waals surface area contributed by atoms with Crippen molar-refractivity contribution in [2.75, 3.05) is 0 Å². The van der Waals surface area contributed by atoms with E-state index in [2.05, 4.69) is 0 Å². The highest BCUT2D eigenvalue weighted by Crippen LogP contribution is 2.30. The van der Waals surface area contributed by atoms with Crippen LogP contribution in [-0.4, -0.2) is 16.3 Å². The molecule has 0 saturated heterocycles. The van der Waals surface area contributed by atoms with Crippen LogP contribution >= 0.6 is 0 Å². The van der Waals surface area contributed by atoms with Gasteiger partial charge in [0.2, 0.25) is 0 Å². The summed E-state index contributed by atoms with van der Waals surface area (Å²) in [4.78, 5) is 0. The Bertz CT molecular complexity index is 336. The molecule has 0 spiro atoms. The van der Waals surface area contributed by atoms with Crippen molar-refractivity contribution in [1.82, 2.24) is 0 Å². The zero-order valence-corrected chi connectivity index (χ0v) is 11.3. The smallest absolute Gasteiger partial charge is 0.0869 e. The van der Waals surface area contributed by atoms with Crippen LogP contribution in [-0.2, 0) is 5.60 Å².